The third kappa shape index (κ3) is 1.16. The molecule has 0 amide bonds. The first-order valence-corrected chi connectivity index (χ1v) is 4.17. The Morgan fingerprint density at radius 3 is 2.67 bits per heavy atom. The van der Waals surface area contributed by atoms with Crippen LogP contribution in [0.5, 0.6) is 0 Å². The summed E-state index contributed by atoms with van der Waals surface area (Å²) in [5.74, 6) is 0. The molecule has 0 aromatic carbocycles. The molecule has 1 nitrogen and oxygen atoms in total. The van der Waals surface area contributed by atoms with Gasteiger partial charge in [-0.25, -0.2) is 0 Å². The summed E-state index contributed by atoms with van der Waals surface area (Å²) in [4.78, 5) is 0. The molecule has 1 fully saturated rings. The van der Waals surface area contributed by atoms with Gasteiger partial charge in [-0.3, -0.25) is 0 Å². The second-order valence-corrected chi connectivity index (χ2v) is 3.67. The van der Waals surface area contributed by atoms with E-state index in [2.05, 4.69) is 0 Å². The minimum atomic E-state index is 0.676. The van der Waals surface area contributed by atoms with Crippen molar-refractivity contribution < 1.29 is 4.74 Å². The Kier molecular flexibility index (Phi) is 1.84. The van der Waals surface area contributed by atoms with E-state index in [9.17, 15) is 0 Å². The Hall–Kier alpha value is 0.830. The van der Waals surface area contributed by atoms with Gasteiger partial charge in [-0.15, -0.1) is 0 Å². The van der Waals surface area contributed by atoms with Gasteiger partial charge in [-0.2, -0.15) is 0 Å². The third-order valence-corrected chi connectivity index (χ3v) is 2.47. The summed E-state index contributed by atoms with van der Waals surface area (Å²) in [7, 11) is 0. The Morgan fingerprint density at radius 2 is 2.50 bits per heavy atom. The van der Waals surface area contributed by atoms with Crippen LogP contribution in [0.1, 0.15) is 12.8 Å². The second-order valence-electron chi connectivity index (χ2n) is 1.55. The molecule has 1 saturated heterocycles. The second kappa shape index (κ2) is 2.22. The van der Waals surface area contributed by atoms with Crippen molar-refractivity contribution >= 4 is 24.4 Å². The molecular weight excluding hydrogens is 179 g/mol. The fourth-order valence-corrected chi connectivity index (χ4v) is 1.66. The molecule has 2 heteroatoms. The van der Waals surface area contributed by atoms with Crippen LogP contribution in [-0.2, 0) is 4.74 Å². The van der Waals surface area contributed by atoms with Crippen LogP contribution in [0.25, 0.3) is 0 Å². The first-order chi connectivity index (χ1) is 2.89. The third-order valence-electron chi connectivity index (χ3n) is 0.965. The van der Waals surface area contributed by atoms with Crippen molar-refractivity contribution in [3.63, 3.8) is 0 Å². The maximum absolute atomic E-state index is 5.21. The number of rotatable bonds is 0. The molecule has 2 radical (unpaired) electrons. The molecular formula is C4H7InO. The first kappa shape index (κ1) is 4.98. The standard InChI is InChI=1S/C4H7O.In/c1-2-4-5-3-1;/h3H,1-2,4H2;. The Balaban J connectivity index is 2.18. The summed E-state index contributed by atoms with van der Waals surface area (Å²) in [6.07, 6.45) is 2.62. The summed E-state index contributed by atoms with van der Waals surface area (Å²) in [5, 5.41) is 0. The molecule has 32 valence electrons. The normalized spacial score (nSPS) is 34.3. The van der Waals surface area contributed by atoms with Crippen LogP contribution < -0.4 is 0 Å². The van der Waals surface area contributed by atoms with Gasteiger partial charge in [-0.1, -0.05) is 0 Å². The first-order valence-electron chi connectivity index (χ1n) is 2.27. The molecule has 1 atom stereocenters. The van der Waals surface area contributed by atoms with Crippen molar-refractivity contribution in [2.45, 2.75) is 16.7 Å². The summed E-state index contributed by atoms with van der Waals surface area (Å²) in [6.45, 7) is 1.02. The van der Waals surface area contributed by atoms with Gasteiger partial charge in [0.15, 0.2) is 0 Å². The van der Waals surface area contributed by atoms with Crippen LogP contribution >= 0.6 is 0 Å². The molecule has 1 heterocycles. The van der Waals surface area contributed by atoms with Crippen LogP contribution in [-0.4, -0.2) is 34.8 Å². The van der Waals surface area contributed by atoms with Crippen LogP contribution in [0.2, 0.25) is 0 Å². The summed E-state index contributed by atoms with van der Waals surface area (Å²) in [6, 6.07) is 0. The maximum atomic E-state index is 5.21. The fourth-order valence-electron chi connectivity index (χ4n) is 0.603. The van der Waals surface area contributed by atoms with Gasteiger partial charge >= 0.3 is 52.4 Å². The van der Waals surface area contributed by atoms with E-state index >= 15 is 0 Å². The summed E-state index contributed by atoms with van der Waals surface area (Å²) >= 11 is 1.29. The number of hydrogen-bond acceptors (Lipinski definition) is 1. The predicted octanol–water partition coefficient (Wildman–Crippen LogP) is 0.291. The van der Waals surface area contributed by atoms with Crippen molar-refractivity contribution in [3.05, 3.63) is 0 Å². The van der Waals surface area contributed by atoms with Crippen LogP contribution in [0.15, 0.2) is 0 Å². The Bertz CT molecular complexity index is 40.8. The number of hydrogen-bond donors (Lipinski definition) is 0. The van der Waals surface area contributed by atoms with Gasteiger partial charge in [-0.05, 0) is 0 Å². The zero-order valence-electron chi connectivity index (χ0n) is 3.68. The van der Waals surface area contributed by atoms with E-state index in [1.165, 1.54) is 37.2 Å². The van der Waals surface area contributed by atoms with Crippen molar-refractivity contribution in [2.75, 3.05) is 6.61 Å². The molecule has 0 saturated carbocycles. The topological polar surface area (TPSA) is 9.23 Å². The molecule has 0 aliphatic carbocycles. The molecule has 0 aromatic heterocycles. The van der Waals surface area contributed by atoms with Crippen LogP contribution in [0.4, 0.5) is 0 Å². The Morgan fingerprint density at radius 1 is 1.67 bits per heavy atom. The van der Waals surface area contributed by atoms with E-state index in [-0.39, 0.29) is 0 Å². The monoisotopic (exact) mass is 186 g/mol. The average molecular weight is 186 g/mol. The summed E-state index contributed by atoms with van der Waals surface area (Å²) in [5.41, 5.74) is 0. The van der Waals surface area contributed by atoms with Gasteiger partial charge in [0.25, 0.3) is 0 Å². The van der Waals surface area contributed by atoms with Gasteiger partial charge in [0.05, 0.1) is 0 Å². The molecule has 1 rings (SSSR count). The molecule has 0 spiro atoms. The molecule has 1 aliphatic rings. The molecule has 0 N–H and O–H groups in total. The van der Waals surface area contributed by atoms with Crippen molar-refractivity contribution in [2.24, 2.45) is 0 Å². The molecule has 0 aromatic rings. The fraction of sp³-hybridized carbons (Fsp3) is 1.00. The van der Waals surface area contributed by atoms with Crippen molar-refractivity contribution in [1.29, 1.82) is 0 Å². The van der Waals surface area contributed by atoms with E-state index < -0.39 is 0 Å². The minimum absolute atomic E-state index is 0.676. The number of ether oxygens (including phenoxy) is 1. The predicted molar refractivity (Wildman–Crippen MR) is 24.7 cm³/mol. The van der Waals surface area contributed by atoms with Gasteiger partial charge in [0.1, 0.15) is 0 Å². The molecule has 1 aliphatic heterocycles. The summed E-state index contributed by atoms with van der Waals surface area (Å²) < 4.78 is 5.89. The van der Waals surface area contributed by atoms with E-state index in [4.69, 9.17) is 4.74 Å². The Labute approximate surface area is 52.6 Å². The zero-order valence-corrected chi connectivity index (χ0v) is 6.98. The average Bonchev–Trinajstić information content (AvgIpc) is 1.86. The van der Waals surface area contributed by atoms with E-state index in [0.29, 0.717) is 3.86 Å². The zero-order chi connectivity index (χ0) is 4.41. The van der Waals surface area contributed by atoms with Crippen LogP contribution in [0, 0.1) is 0 Å². The molecule has 6 heavy (non-hydrogen) atoms. The molecule has 1 unspecified atom stereocenters. The SMILES string of the molecule is [In][CH]1CCCO1. The van der Waals surface area contributed by atoms with Gasteiger partial charge < -0.3 is 0 Å². The van der Waals surface area contributed by atoms with Gasteiger partial charge in [0.2, 0.25) is 0 Å². The quantitative estimate of drug-likeness (QED) is 0.528. The van der Waals surface area contributed by atoms with Crippen molar-refractivity contribution in [1.82, 2.24) is 0 Å². The van der Waals surface area contributed by atoms with E-state index in [1.807, 2.05) is 0 Å². The van der Waals surface area contributed by atoms with Crippen LogP contribution in [0.3, 0.4) is 0 Å². The van der Waals surface area contributed by atoms with Gasteiger partial charge in [0, 0.05) is 0 Å². The van der Waals surface area contributed by atoms with Crippen molar-refractivity contribution in [3.8, 4) is 0 Å². The molecule has 0 bridgehead atoms. The van der Waals surface area contributed by atoms with E-state index in [0.717, 1.165) is 6.61 Å². The van der Waals surface area contributed by atoms with E-state index in [1.54, 1.807) is 0 Å².